The maximum absolute atomic E-state index is 5.28. The highest BCUT2D eigenvalue weighted by Gasteiger charge is 2.18. The predicted octanol–water partition coefficient (Wildman–Crippen LogP) is 2.74. The van der Waals surface area contributed by atoms with Crippen molar-refractivity contribution >= 4 is 0 Å². The van der Waals surface area contributed by atoms with E-state index in [2.05, 4.69) is 12.0 Å². The number of benzene rings is 1. The summed E-state index contributed by atoms with van der Waals surface area (Å²) in [4.78, 5) is 0. The number of rotatable bonds is 1. The van der Waals surface area contributed by atoms with Crippen LogP contribution in [0.1, 0.15) is 18.4 Å². The van der Waals surface area contributed by atoms with Gasteiger partial charge < -0.3 is 4.74 Å². The first kappa shape index (κ1) is 8.19. The molecule has 1 nitrogen and oxygen atoms in total. The number of ether oxygens (including phenoxy) is 1. The van der Waals surface area contributed by atoms with Crippen LogP contribution in [0.15, 0.2) is 24.3 Å². The predicted molar refractivity (Wildman–Crippen MR) is 52.3 cm³/mol. The molecular formula is C12H12O. The molecule has 1 aromatic rings. The van der Waals surface area contributed by atoms with Crippen LogP contribution in [0.2, 0.25) is 0 Å². The van der Waals surface area contributed by atoms with E-state index < -0.39 is 0 Å². The van der Waals surface area contributed by atoms with E-state index in [4.69, 9.17) is 4.74 Å². The van der Waals surface area contributed by atoms with Crippen molar-refractivity contribution in [1.29, 1.82) is 0 Å². The molecule has 66 valence electrons. The minimum absolute atomic E-state index is 0.602. The highest BCUT2D eigenvalue weighted by atomic mass is 16.5. The minimum Gasteiger partial charge on any atom is -0.408 e. The number of hydrogen-bond acceptors (Lipinski definition) is 1. The third kappa shape index (κ3) is 2.52. The summed E-state index contributed by atoms with van der Waals surface area (Å²) in [5, 5.41) is 0. The van der Waals surface area contributed by atoms with E-state index >= 15 is 0 Å². The molecule has 0 saturated heterocycles. The van der Waals surface area contributed by atoms with Gasteiger partial charge in [-0.25, -0.2) is 0 Å². The van der Waals surface area contributed by atoms with Crippen molar-refractivity contribution in [3.05, 3.63) is 29.8 Å². The molecule has 0 N–H and O–H groups in total. The quantitative estimate of drug-likeness (QED) is 0.592. The summed E-state index contributed by atoms with van der Waals surface area (Å²) in [6, 6.07) is 7.93. The van der Waals surface area contributed by atoms with Gasteiger partial charge in [0, 0.05) is 5.92 Å². The van der Waals surface area contributed by atoms with Gasteiger partial charge in [-0.15, -0.1) is 0 Å². The fourth-order valence-electron chi connectivity index (χ4n) is 1.08. The Balaban J connectivity index is 1.97. The Labute approximate surface area is 78.7 Å². The van der Waals surface area contributed by atoms with E-state index in [1.807, 2.05) is 31.2 Å². The maximum Gasteiger partial charge on any atom is 0.140 e. The number of hydrogen-bond donors (Lipinski definition) is 0. The normalized spacial score (nSPS) is 14.5. The molecule has 2 rings (SSSR count). The lowest BCUT2D eigenvalue weighted by atomic mass is 10.2. The van der Waals surface area contributed by atoms with Gasteiger partial charge in [0.2, 0.25) is 0 Å². The van der Waals surface area contributed by atoms with Crippen LogP contribution < -0.4 is 4.74 Å². The smallest absolute Gasteiger partial charge is 0.140 e. The molecule has 0 aliphatic heterocycles. The monoisotopic (exact) mass is 172 g/mol. The second-order valence-corrected chi connectivity index (χ2v) is 3.44. The summed E-state index contributed by atoms with van der Waals surface area (Å²) >= 11 is 0. The molecule has 1 aromatic carbocycles. The van der Waals surface area contributed by atoms with Crippen molar-refractivity contribution < 1.29 is 4.74 Å². The Morgan fingerprint density at radius 3 is 2.92 bits per heavy atom. The van der Waals surface area contributed by atoms with E-state index in [9.17, 15) is 0 Å². The van der Waals surface area contributed by atoms with Gasteiger partial charge in [-0.2, -0.15) is 0 Å². The lowest BCUT2D eigenvalue weighted by Crippen LogP contribution is -1.83. The number of aryl methyl sites for hydroxylation is 1. The van der Waals surface area contributed by atoms with E-state index in [0.717, 1.165) is 5.75 Å². The third-order valence-corrected chi connectivity index (χ3v) is 2.00. The standard InChI is InChI=1S/C12H12O/c1-10-3-2-4-12(9-10)13-8-7-11-5-6-11/h2-4,9,11H,5-6H2,1H3. The average Bonchev–Trinajstić information content (AvgIpc) is 2.88. The molecule has 0 atom stereocenters. The van der Waals surface area contributed by atoms with Crippen molar-refractivity contribution in [2.75, 3.05) is 0 Å². The molecule has 1 heteroatoms. The molecule has 1 aliphatic carbocycles. The zero-order chi connectivity index (χ0) is 9.10. The van der Waals surface area contributed by atoms with Crippen molar-refractivity contribution in [3.8, 4) is 17.8 Å². The molecule has 1 fully saturated rings. The van der Waals surface area contributed by atoms with E-state index in [1.54, 1.807) is 0 Å². The second kappa shape index (κ2) is 3.53. The van der Waals surface area contributed by atoms with Crippen LogP contribution in [0.4, 0.5) is 0 Å². The Kier molecular flexibility index (Phi) is 2.23. The summed E-state index contributed by atoms with van der Waals surface area (Å²) in [6.07, 6.45) is 5.22. The Morgan fingerprint density at radius 2 is 2.23 bits per heavy atom. The van der Waals surface area contributed by atoms with Crippen molar-refractivity contribution in [2.45, 2.75) is 19.8 Å². The van der Waals surface area contributed by atoms with Crippen LogP contribution in [0.5, 0.6) is 5.75 Å². The van der Waals surface area contributed by atoms with Gasteiger partial charge in [-0.05, 0) is 37.5 Å². The molecule has 0 heterocycles. The molecule has 1 saturated carbocycles. The van der Waals surface area contributed by atoms with Gasteiger partial charge in [0.25, 0.3) is 0 Å². The van der Waals surface area contributed by atoms with Crippen LogP contribution in [-0.4, -0.2) is 0 Å². The molecule has 0 amide bonds. The lowest BCUT2D eigenvalue weighted by molar-refractivity contribution is 0.518. The van der Waals surface area contributed by atoms with Crippen molar-refractivity contribution in [3.63, 3.8) is 0 Å². The highest BCUT2D eigenvalue weighted by Crippen LogP contribution is 2.27. The molecule has 13 heavy (non-hydrogen) atoms. The lowest BCUT2D eigenvalue weighted by Gasteiger charge is -1.96. The summed E-state index contributed by atoms with van der Waals surface area (Å²) in [7, 11) is 0. The van der Waals surface area contributed by atoms with Gasteiger partial charge in [0.1, 0.15) is 11.9 Å². The first-order valence-corrected chi connectivity index (χ1v) is 4.58. The SMILES string of the molecule is Cc1cccc(OC#CC2CC2)c1. The topological polar surface area (TPSA) is 9.23 Å². The average molecular weight is 172 g/mol. The van der Waals surface area contributed by atoms with Crippen LogP contribution in [-0.2, 0) is 0 Å². The molecule has 0 spiro atoms. The molecule has 0 radical (unpaired) electrons. The first-order chi connectivity index (χ1) is 6.34. The molecule has 0 unspecified atom stereocenters. The summed E-state index contributed by atoms with van der Waals surface area (Å²) in [6.45, 7) is 2.04. The zero-order valence-corrected chi connectivity index (χ0v) is 7.71. The van der Waals surface area contributed by atoms with E-state index in [-0.39, 0.29) is 0 Å². The molecular weight excluding hydrogens is 160 g/mol. The van der Waals surface area contributed by atoms with Gasteiger partial charge in [0.05, 0.1) is 0 Å². The van der Waals surface area contributed by atoms with Crippen LogP contribution in [0.3, 0.4) is 0 Å². The van der Waals surface area contributed by atoms with Crippen molar-refractivity contribution in [1.82, 2.24) is 0 Å². The Bertz CT molecular complexity index is 353. The fraction of sp³-hybridized carbons (Fsp3) is 0.333. The highest BCUT2D eigenvalue weighted by molar-refractivity contribution is 5.28. The first-order valence-electron chi connectivity index (χ1n) is 4.58. The van der Waals surface area contributed by atoms with Gasteiger partial charge in [-0.1, -0.05) is 18.1 Å². The Hall–Kier alpha value is -1.42. The van der Waals surface area contributed by atoms with Crippen LogP contribution in [0.25, 0.3) is 0 Å². The minimum atomic E-state index is 0.602. The summed E-state index contributed by atoms with van der Waals surface area (Å²) < 4.78 is 5.28. The molecule has 1 aliphatic rings. The van der Waals surface area contributed by atoms with Gasteiger partial charge in [-0.3, -0.25) is 0 Å². The Morgan fingerprint density at radius 1 is 1.38 bits per heavy atom. The van der Waals surface area contributed by atoms with Crippen LogP contribution in [0, 0.1) is 24.9 Å². The molecule has 0 aromatic heterocycles. The van der Waals surface area contributed by atoms with Crippen molar-refractivity contribution in [2.24, 2.45) is 5.92 Å². The zero-order valence-electron chi connectivity index (χ0n) is 7.71. The van der Waals surface area contributed by atoms with E-state index in [1.165, 1.54) is 18.4 Å². The van der Waals surface area contributed by atoms with Crippen LogP contribution >= 0.6 is 0 Å². The van der Waals surface area contributed by atoms with Gasteiger partial charge in [0.15, 0.2) is 0 Å². The maximum atomic E-state index is 5.28. The largest absolute Gasteiger partial charge is 0.408 e. The summed E-state index contributed by atoms with van der Waals surface area (Å²) in [5.74, 6) is 4.49. The fourth-order valence-corrected chi connectivity index (χ4v) is 1.08. The summed E-state index contributed by atoms with van der Waals surface area (Å²) in [5.41, 5.74) is 1.20. The third-order valence-electron chi connectivity index (χ3n) is 2.00. The second-order valence-electron chi connectivity index (χ2n) is 3.44. The molecule has 0 bridgehead atoms. The van der Waals surface area contributed by atoms with E-state index in [0.29, 0.717) is 5.92 Å². The van der Waals surface area contributed by atoms with Gasteiger partial charge >= 0.3 is 0 Å².